The van der Waals surface area contributed by atoms with Gasteiger partial charge in [0.15, 0.2) is 0 Å². The molecule has 0 aromatic heterocycles. The van der Waals surface area contributed by atoms with Crippen molar-refractivity contribution in [1.82, 2.24) is 10.2 Å². The first-order valence-corrected chi connectivity index (χ1v) is 8.04. The van der Waals surface area contributed by atoms with Gasteiger partial charge in [-0.1, -0.05) is 0 Å². The van der Waals surface area contributed by atoms with Crippen LogP contribution in [-0.2, 0) is 19.4 Å². The molecule has 7 heteroatoms. The molecule has 1 fully saturated rings. The van der Waals surface area contributed by atoms with E-state index in [1.54, 1.807) is 18.7 Å². The molecule has 0 bridgehead atoms. The van der Waals surface area contributed by atoms with Gasteiger partial charge >= 0.3 is 0 Å². The topological polar surface area (TPSA) is 83.6 Å². The molecular formula is C11H20N2O4S. The van der Waals surface area contributed by atoms with Crippen molar-refractivity contribution in [2.24, 2.45) is 0 Å². The fraction of sp³-hybridized carbons (Fsp3) is 0.818. The number of carbonyl (C=O) groups excluding carboxylic acids is 2. The normalized spacial score (nSPS) is 25.8. The number of nitrogens with zero attached hydrogens (tertiary/aromatic N) is 1. The molecule has 1 rings (SSSR count). The molecule has 1 heterocycles. The Kier molecular flexibility index (Phi) is 4.72. The first kappa shape index (κ1) is 14.9. The average Bonchev–Trinajstić information content (AvgIpc) is 2.28. The maximum atomic E-state index is 12.0. The molecule has 0 aromatic carbocycles. The van der Waals surface area contributed by atoms with Crippen LogP contribution in [-0.4, -0.2) is 55.8 Å². The number of hydrogen-bond acceptors (Lipinski definition) is 4. The maximum absolute atomic E-state index is 12.0. The van der Waals surface area contributed by atoms with Gasteiger partial charge in [0.25, 0.3) is 0 Å². The molecule has 18 heavy (non-hydrogen) atoms. The van der Waals surface area contributed by atoms with Crippen LogP contribution in [0.2, 0.25) is 0 Å². The van der Waals surface area contributed by atoms with E-state index >= 15 is 0 Å². The number of sulfone groups is 1. The van der Waals surface area contributed by atoms with Gasteiger partial charge in [-0.2, -0.15) is 0 Å². The van der Waals surface area contributed by atoms with Crippen molar-refractivity contribution in [2.45, 2.75) is 38.8 Å². The van der Waals surface area contributed by atoms with Crippen LogP contribution in [0.15, 0.2) is 0 Å². The van der Waals surface area contributed by atoms with E-state index in [9.17, 15) is 18.0 Å². The fourth-order valence-electron chi connectivity index (χ4n) is 2.03. The van der Waals surface area contributed by atoms with E-state index in [4.69, 9.17) is 0 Å². The third-order valence-electron chi connectivity index (χ3n) is 2.96. The first-order valence-electron chi connectivity index (χ1n) is 5.98. The summed E-state index contributed by atoms with van der Waals surface area (Å²) in [4.78, 5) is 25.1. The minimum absolute atomic E-state index is 0.0548. The monoisotopic (exact) mass is 276 g/mol. The summed E-state index contributed by atoms with van der Waals surface area (Å²) in [6.07, 6.45) is 1.83. The summed E-state index contributed by atoms with van der Waals surface area (Å²) < 4.78 is 22.1. The highest BCUT2D eigenvalue weighted by molar-refractivity contribution is 7.90. The van der Waals surface area contributed by atoms with Gasteiger partial charge in [0.2, 0.25) is 11.8 Å². The molecule has 6 nitrogen and oxygen atoms in total. The minimum Gasteiger partial charge on any atom is -0.345 e. The summed E-state index contributed by atoms with van der Waals surface area (Å²) in [5.41, 5.74) is 0. The van der Waals surface area contributed by atoms with E-state index in [-0.39, 0.29) is 30.0 Å². The van der Waals surface area contributed by atoms with Gasteiger partial charge in [0.05, 0.1) is 5.75 Å². The van der Waals surface area contributed by atoms with Crippen molar-refractivity contribution >= 4 is 21.7 Å². The zero-order valence-electron chi connectivity index (χ0n) is 11.0. The summed E-state index contributed by atoms with van der Waals surface area (Å²) >= 11 is 0. The van der Waals surface area contributed by atoms with E-state index in [1.165, 1.54) is 6.26 Å². The third kappa shape index (κ3) is 4.29. The lowest BCUT2D eigenvalue weighted by Crippen LogP contribution is -2.45. The van der Waals surface area contributed by atoms with E-state index < -0.39 is 15.9 Å². The minimum atomic E-state index is -3.01. The van der Waals surface area contributed by atoms with Crippen LogP contribution in [0.4, 0.5) is 0 Å². The largest absolute Gasteiger partial charge is 0.345 e. The van der Waals surface area contributed by atoms with Crippen molar-refractivity contribution in [2.75, 3.05) is 18.6 Å². The highest BCUT2D eigenvalue weighted by atomic mass is 32.2. The highest BCUT2D eigenvalue weighted by Crippen LogP contribution is 2.12. The molecule has 1 aliphatic heterocycles. The van der Waals surface area contributed by atoms with E-state index in [2.05, 4.69) is 5.32 Å². The molecule has 1 aliphatic rings. The zero-order valence-corrected chi connectivity index (χ0v) is 11.8. The first-order chi connectivity index (χ1) is 8.20. The van der Waals surface area contributed by atoms with Gasteiger partial charge < -0.3 is 10.2 Å². The van der Waals surface area contributed by atoms with E-state index in [1.807, 2.05) is 0 Å². The van der Waals surface area contributed by atoms with Crippen molar-refractivity contribution in [3.8, 4) is 0 Å². The van der Waals surface area contributed by atoms with Crippen molar-refractivity contribution in [3.63, 3.8) is 0 Å². The number of rotatable bonds is 4. The summed E-state index contributed by atoms with van der Waals surface area (Å²) in [6, 6.07) is -0.734. The smallest absolute Gasteiger partial charge is 0.245 e. The molecule has 0 saturated carbocycles. The third-order valence-corrected chi connectivity index (χ3v) is 3.99. The average molecular weight is 276 g/mol. The van der Waals surface area contributed by atoms with Crippen molar-refractivity contribution in [3.05, 3.63) is 0 Å². The molecule has 0 spiro atoms. The molecule has 1 N–H and O–H groups in total. The highest BCUT2D eigenvalue weighted by Gasteiger charge is 2.30. The van der Waals surface area contributed by atoms with Crippen LogP contribution in [0.3, 0.4) is 0 Å². The second-order valence-electron chi connectivity index (χ2n) is 4.86. The van der Waals surface area contributed by atoms with Crippen LogP contribution in [0.1, 0.15) is 26.7 Å². The lowest BCUT2D eigenvalue weighted by Gasteiger charge is -2.27. The van der Waals surface area contributed by atoms with Crippen LogP contribution in [0, 0.1) is 0 Å². The number of carbonyl (C=O) groups is 2. The summed E-state index contributed by atoms with van der Waals surface area (Å²) in [5, 5.41) is 2.61. The molecule has 1 saturated heterocycles. The molecule has 2 unspecified atom stereocenters. The van der Waals surface area contributed by atoms with Gasteiger partial charge in [-0.15, -0.1) is 0 Å². The standard InChI is InChI=1S/C11H20N2O4S/c1-8-7-10(14)12-9(2)11(15)13(8)5-4-6-18(3,16)17/h8-9H,4-7H2,1-3H3,(H,12,14). The van der Waals surface area contributed by atoms with Gasteiger partial charge in [0.1, 0.15) is 15.9 Å². The van der Waals surface area contributed by atoms with E-state index in [0.29, 0.717) is 13.0 Å². The summed E-state index contributed by atoms with van der Waals surface area (Å²) in [6.45, 7) is 3.81. The van der Waals surface area contributed by atoms with Gasteiger partial charge in [-0.3, -0.25) is 9.59 Å². The SMILES string of the molecule is CC1NC(=O)CC(C)N(CCCS(C)(=O)=O)C1=O. The number of nitrogens with one attached hydrogen (secondary N) is 1. The Morgan fingerprint density at radius 3 is 2.50 bits per heavy atom. The van der Waals surface area contributed by atoms with Crippen LogP contribution in [0.25, 0.3) is 0 Å². The number of amides is 2. The fourth-order valence-corrected chi connectivity index (χ4v) is 2.69. The summed E-state index contributed by atoms with van der Waals surface area (Å²) in [5.74, 6) is -0.241. The lowest BCUT2D eigenvalue weighted by molar-refractivity contribution is -0.134. The molecule has 0 aliphatic carbocycles. The van der Waals surface area contributed by atoms with Crippen molar-refractivity contribution in [1.29, 1.82) is 0 Å². The Labute approximate surface area is 108 Å². The molecule has 0 radical (unpaired) electrons. The molecule has 2 atom stereocenters. The van der Waals surface area contributed by atoms with Crippen LogP contribution < -0.4 is 5.32 Å². The Balaban J connectivity index is 2.66. The molecule has 0 aromatic rings. The van der Waals surface area contributed by atoms with Crippen molar-refractivity contribution < 1.29 is 18.0 Å². The Morgan fingerprint density at radius 1 is 1.33 bits per heavy atom. The Bertz CT molecular complexity index is 432. The second kappa shape index (κ2) is 5.69. The molecular weight excluding hydrogens is 256 g/mol. The zero-order chi connectivity index (χ0) is 13.9. The van der Waals surface area contributed by atoms with Gasteiger partial charge in [-0.05, 0) is 20.3 Å². The molecule has 2 amide bonds. The quantitative estimate of drug-likeness (QED) is 0.753. The predicted octanol–water partition coefficient (Wildman–Crippen LogP) is -0.453. The van der Waals surface area contributed by atoms with Crippen LogP contribution in [0.5, 0.6) is 0 Å². The van der Waals surface area contributed by atoms with Crippen LogP contribution >= 0.6 is 0 Å². The van der Waals surface area contributed by atoms with Gasteiger partial charge in [-0.25, -0.2) is 8.42 Å². The maximum Gasteiger partial charge on any atom is 0.245 e. The Hall–Kier alpha value is -1.11. The van der Waals surface area contributed by atoms with E-state index in [0.717, 1.165) is 0 Å². The Morgan fingerprint density at radius 2 is 1.94 bits per heavy atom. The lowest BCUT2D eigenvalue weighted by atomic mass is 10.2. The predicted molar refractivity (Wildman–Crippen MR) is 67.7 cm³/mol. The van der Waals surface area contributed by atoms with Gasteiger partial charge in [0, 0.05) is 25.3 Å². The molecule has 104 valence electrons. The number of hydrogen-bond donors (Lipinski definition) is 1. The summed E-state index contributed by atoms with van der Waals surface area (Å²) in [7, 11) is -3.01. The second-order valence-corrected chi connectivity index (χ2v) is 7.12.